The summed E-state index contributed by atoms with van der Waals surface area (Å²) in [6, 6.07) is 0.222. The molecule has 1 N–H and O–H groups in total. The lowest BCUT2D eigenvalue weighted by molar-refractivity contribution is 0.233. The van der Waals surface area contributed by atoms with Gasteiger partial charge in [0.15, 0.2) is 0 Å². The van der Waals surface area contributed by atoms with Gasteiger partial charge in [-0.2, -0.15) is 0 Å². The van der Waals surface area contributed by atoms with Crippen LogP contribution >= 0.6 is 0 Å². The highest BCUT2D eigenvalue weighted by atomic mass is 32.2. The topological polar surface area (TPSA) is 49.4 Å². The molecule has 17 heavy (non-hydrogen) atoms. The Morgan fingerprint density at radius 1 is 1.24 bits per heavy atom. The van der Waals surface area contributed by atoms with E-state index in [0.29, 0.717) is 6.54 Å². The highest BCUT2D eigenvalue weighted by molar-refractivity contribution is 7.89. The minimum atomic E-state index is -3.08. The number of hydrogen-bond donors (Lipinski definition) is 1. The zero-order valence-corrected chi connectivity index (χ0v) is 12.1. The van der Waals surface area contributed by atoms with E-state index in [4.69, 9.17) is 0 Å². The van der Waals surface area contributed by atoms with Crippen LogP contribution in [0.3, 0.4) is 0 Å². The van der Waals surface area contributed by atoms with Crippen molar-refractivity contribution >= 4 is 10.0 Å². The molecule has 1 rings (SSSR count). The van der Waals surface area contributed by atoms with Gasteiger partial charge in [-0.15, -0.1) is 0 Å². The molecule has 0 atom stereocenters. The summed E-state index contributed by atoms with van der Waals surface area (Å²) in [5.41, 5.74) is 0. The van der Waals surface area contributed by atoms with Crippen molar-refractivity contribution in [3.05, 3.63) is 0 Å². The molecule has 1 aliphatic rings. The highest BCUT2D eigenvalue weighted by Gasteiger charge is 2.29. The zero-order valence-electron chi connectivity index (χ0n) is 11.3. The first-order valence-electron chi connectivity index (χ1n) is 6.61. The Balaban J connectivity index is 2.50. The lowest BCUT2D eigenvalue weighted by atomic mass is 9.85. The van der Waals surface area contributed by atoms with E-state index >= 15 is 0 Å². The number of hydrogen-bond acceptors (Lipinski definition) is 3. The second kappa shape index (κ2) is 6.71. The fraction of sp³-hybridized carbons (Fsp3) is 1.00. The van der Waals surface area contributed by atoms with Crippen LogP contribution in [0.25, 0.3) is 0 Å². The van der Waals surface area contributed by atoms with Crippen LogP contribution in [0.2, 0.25) is 0 Å². The zero-order chi connectivity index (χ0) is 12.9. The minimum absolute atomic E-state index is 0.202. The predicted octanol–water partition coefficient (Wildman–Crippen LogP) is 1.44. The maximum atomic E-state index is 12.0. The van der Waals surface area contributed by atoms with Gasteiger partial charge in [0, 0.05) is 19.6 Å². The van der Waals surface area contributed by atoms with Gasteiger partial charge < -0.3 is 5.32 Å². The fourth-order valence-electron chi connectivity index (χ4n) is 2.52. The molecule has 0 aromatic rings. The minimum Gasteiger partial charge on any atom is -0.319 e. The molecule has 0 heterocycles. The number of nitrogens with one attached hydrogen (secondary N) is 1. The van der Waals surface area contributed by atoms with E-state index in [1.165, 1.54) is 19.3 Å². The maximum absolute atomic E-state index is 12.0. The van der Waals surface area contributed by atoms with Crippen LogP contribution < -0.4 is 5.32 Å². The Hall–Kier alpha value is -0.130. The average Bonchev–Trinajstić information content (AvgIpc) is 2.35. The molecule has 0 radical (unpaired) electrons. The third-order valence-electron chi connectivity index (χ3n) is 3.96. The molecular weight excluding hydrogens is 236 g/mol. The quantitative estimate of drug-likeness (QED) is 0.788. The van der Waals surface area contributed by atoms with Gasteiger partial charge in [-0.3, -0.25) is 0 Å². The van der Waals surface area contributed by atoms with Gasteiger partial charge in [0.05, 0.1) is 5.75 Å². The molecule has 4 nitrogen and oxygen atoms in total. The van der Waals surface area contributed by atoms with Crippen molar-refractivity contribution in [2.45, 2.75) is 45.1 Å². The van der Waals surface area contributed by atoms with Crippen LogP contribution in [-0.2, 0) is 10.0 Å². The van der Waals surface area contributed by atoms with Gasteiger partial charge in [0.25, 0.3) is 0 Å². The fourth-order valence-corrected chi connectivity index (χ4v) is 3.93. The second-order valence-corrected chi connectivity index (χ2v) is 7.17. The van der Waals surface area contributed by atoms with Gasteiger partial charge in [-0.1, -0.05) is 13.3 Å². The first-order chi connectivity index (χ1) is 8.01. The van der Waals surface area contributed by atoms with Crippen molar-refractivity contribution in [3.8, 4) is 0 Å². The van der Waals surface area contributed by atoms with E-state index in [0.717, 1.165) is 18.8 Å². The molecule has 0 spiro atoms. The van der Waals surface area contributed by atoms with E-state index < -0.39 is 10.0 Å². The van der Waals surface area contributed by atoms with Crippen LogP contribution in [0.5, 0.6) is 0 Å². The summed E-state index contributed by atoms with van der Waals surface area (Å²) in [5, 5.41) is 2.89. The summed E-state index contributed by atoms with van der Waals surface area (Å²) in [7, 11) is 0.442. The summed E-state index contributed by atoms with van der Waals surface area (Å²) in [6.07, 6.45) is 5.62. The molecule has 0 aliphatic heterocycles. The van der Waals surface area contributed by atoms with Crippen LogP contribution in [-0.4, -0.2) is 45.2 Å². The number of sulfonamides is 1. The smallest absolute Gasteiger partial charge is 0.215 e. The molecule has 5 heteroatoms. The van der Waals surface area contributed by atoms with Crippen molar-refractivity contribution in [2.75, 3.05) is 26.4 Å². The molecule has 1 fully saturated rings. The lowest BCUT2D eigenvalue weighted by Crippen LogP contribution is -2.42. The molecule has 0 saturated heterocycles. The van der Waals surface area contributed by atoms with Crippen molar-refractivity contribution in [3.63, 3.8) is 0 Å². The van der Waals surface area contributed by atoms with Crippen LogP contribution in [0.1, 0.15) is 39.0 Å². The summed E-state index contributed by atoms with van der Waals surface area (Å²) >= 11 is 0. The first-order valence-corrected chi connectivity index (χ1v) is 8.22. The van der Waals surface area contributed by atoms with Gasteiger partial charge >= 0.3 is 0 Å². The average molecular weight is 262 g/mol. The Bertz CT molecular complexity index is 308. The highest BCUT2D eigenvalue weighted by Crippen LogP contribution is 2.29. The molecule has 0 bridgehead atoms. The van der Waals surface area contributed by atoms with Crippen LogP contribution in [0.15, 0.2) is 0 Å². The van der Waals surface area contributed by atoms with Crippen molar-refractivity contribution in [1.82, 2.24) is 9.62 Å². The Kier molecular flexibility index (Phi) is 5.89. The van der Waals surface area contributed by atoms with Gasteiger partial charge in [-0.05, 0) is 38.6 Å². The Labute approximate surface area is 106 Å². The normalized spacial score (nSPS) is 26.4. The third kappa shape index (κ3) is 4.23. The Morgan fingerprint density at radius 3 is 2.29 bits per heavy atom. The number of rotatable bonds is 6. The maximum Gasteiger partial charge on any atom is 0.215 e. The first kappa shape index (κ1) is 14.9. The van der Waals surface area contributed by atoms with Crippen LogP contribution in [0, 0.1) is 5.92 Å². The van der Waals surface area contributed by atoms with Gasteiger partial charge in [-0.25, -0.2) is 12.7 Å². The summed E-state index contributed by atoms with van der Waals surface area (Å²) < 4.78 is 25.7. The monoisotopic (exact) mass is 262 g/mol. The van der Waals surface area contributed by atoms with Crippen LogP contribution in [0.4, 0.5) is 0 Å². The van der Waals surface area contributed by atoms with E-state index in [1.807, 2.05) is 0 Å². The van der Waals surface area contributed by atoms with E-state index in [9.17, 15) is 8.42 Å². The van der Waals surface area contributed by atoms with E-state index in [1.54, 1.807) is 18.4 Å². The molecular formula is C12H26N2O2S. The third-order valence-corrected chi connectivity index (χ3v) is 5.85. The molecule has 1 aliphatic carbocycles. The molecule has 0 amide bonds. The summed E-state index contributed by atoms with van der Waals surface area (Å²) in [4.78, 5) is 0. The second-order valence-electron chi connectivity index (χ2n) is 5.02. The lowest BCUT2D eigenvalue weighted by Gasteiger charge is -2.33. The predicted molar refractivity (Wildman–Crippen MR) is 71.5 cm³/mol. The van der Waals surface area contributed by atoms with E-state index in [2.05, 4.69) is 12.2 Å². The molecule has 0 aromatic heterocycles. The van der Waals surface area contributed by atoms with Gasteiger partial charge in [0.1, 0.15) is 0 Å². The largest absolute Gasteiger partial charge is 0.319 e. The van der Waals surface area contributed by atoms with E-state index in [-0.39, 0.29) is 11.8 Å². The Morgan fingerprint density at radius 2 is 1.82 bits per heavy atom. The number of nitrogens with zero attached hydrogens (tertiary/aromatic N) is 1. The molecule has 102 valence electrons. The molecule has 1 saturated carbocycles. The van der Waals surface area contributed by atoms with Gasteiger partial charge in [0.2, 0.25) is 10.0 Å². The molecule has 0 unspecified atom stereocenters. The van der Waals surface area contributed by atoms with Crippen molar-refractivity contribution < 1.29 is 8.42 Å². The molecule has 0 aromatic carbocycles. The standard InChI is InChI=1S/C12H26N2O2S/c1-4-11-5-7-12(8-6-11)14(3)17(15,16)10-9-13-2/h11-13H,4-10H2,1-3H3. The van der Waals surface area contributed by atoms with Crippen molar-refractivity contribution in [2.24, 2.45) is 5.92 Å². The SMILES string of the molecule is CCC1CCC(N(C)S(=O)(=O)CCNC)CC1. The van der Waals surface area contributed by atoms with Crippen molar-refractivity contribution in [1.29, 1.82) is 0 Å². The summed E-state index contributed by atoms with van der Waals surface area (Å²) in [5.74, 6) is 1.01. The summed E-state index contributed by atoms with van der Waals surface area (Å²) in [6.45, 7) is 2.75.